The highest BCUT2D eigenvalue weighted by atomic mass is 16.3. The maximum absolute atomic E-state index is 11.9. The minimum Gasteiger partial charge on any atom is -0.443 e. The Kier molecular flexibility index (Phi) is 3.15. The second-order valence-corrected chi connectivity index (χ2v) is 4.32. The molecular formula is C14H10N4O3. The molecule has 7 heteroatoms. The van der Waals surface area contributed by atoms with Gasteiger partial charge in [0.25, 0.3) is 0 Å². The van der Waals surface area contributed by atoms with Gasteiger partial charge < -0.3 is 4.42 Å². The van der Waals surface area contributed by atoms with E-state index in [0.717, 1.165) is 0 Å². The van der Waals surface area contributed by atoms with Crippen LogP contribution < -0.4 is 4.90 Å². The van der Waals surface area contributed by atoms with Gasteiger partial charge in [0.1, 0.15) is 17.0 Å². The molecule has 0 saturated heterocycles. The maximum Gasteiger partial charge on any atom is 0.229 e. The molecule has 0 saturated carbocycles. The lowest BCUT2D eigenvalue weighted by molar-refractivity contribution is -0.115. The first kappa shape index (κ1) is 12.9. The van der Waals surface area contributed by atoms with Crippen LogP contribution in [0.2, 0.25) is 0 Å². The van der Waals surface area contributed by atoms with Crippen molar-refractivity contribution >= 4 is 34.2 Å². The second kappa shape index (κ2) is 5.12. The number of pyridine rings is 1. The minimum absolute atomic E-state index is 0.201. The molecule has 1 aromatic carbocycles. The van der Waals surface area contributed by atoms with Gasteiger partial charge in [0.05, 0.1) is 5.69 Å². The third-order valence-electron chi connectivity index (χ3n) is 2.95. The Balaban J connectivity index is 2.12. The molecule has 0 aliphatic carbocycles. The number of benzene rings is 1. The fraction of sp³-hybridized carbons (Fsp3) is 0.0714. The second-order valence-electron chi connectivity index (χ2n) is 4.32. The van der Waals surface area contributed by atoms with Crippen LogP contribution in [0.5, 0.6) is 0 Å². The van der Waals surface area contributed by atoms with Crippen molar-refractivity contribution in [3.63, 3.8) is 0 Å². The maximum atomic E-state index is 11.9. The first-order valence-corrected chi connectivity index (χ1v) is 6.12. The smallest absolute Gasteiger partial charge is 0.229 e. The monoisotopic (exact) mass is 282 g/mol. The van der Waals surface area contributed by atoms with E-state index in [4.69, 9.17) is 4.42 Å². The van der Waals surface area contributed by atoms with Crippen LogP contribution in [-0.2, 0) is 4.79 Å². The summed E-state index contributed by atoms with van der Waals surface area (Å²) in [6.07, 6.45) is 2.76. The lowest BCUT2D eigenvalue weighted by Gasteiger charge is -2.19. The van der Waals surface area contributed by atoms with Gasteiger partial charge in [-0.05, 0) is 23.4 Å². The SMILES string of the molecule is CC(=O)N(c1ccc2ncoc2c1)c1cc(N=O)ccn1. The fourth-order valence-electron chi connectivity index (χ4n) is 2.04. The number of amides is 1. The number of aromatic nitrogens is 2. The number of carbonyl (C=O) groups excluding carboxylic acids is 1. The molecule has 0 fully saturated rings. The number of rotatable bonds is 3. The third kappa shape index (κ3) is 2.36. The van der Waals surface area contributed by atoms with E-state index in [1.165, 1.54) is 36.5 Å². The van der Waals surface area contributed by atoms with Crippen molar-refractivity contribution in [3.8, 4) is 0 Å². The van der Waals surface area contributed by atoms with Crippen molar-refractivity contribution in [2.45, 2.75) is 6.92 Å². The summed E-state index contributed by atoms with van der Waals surface area (Å²) in [7, 11) is 0. The lowest BCUT2D eigenvalue weighted by Crippen LogP contribution is -2.23. The van der Waals surface area contributed by atoms with Crippen LogP contribution >= 0.6 is 0 Å². The van der Waals surface area contributed by atoms with E-state index in [0.29, 0.717) is 22.6 Å². The third-order valence-corrected chi connectivity index (χ3v) is 2.95. The summed E-state index contributed by atoms with van der Waals surface area (Å²) in [6.45, 7) is 1.41. The topological polar surface area (TPSA) is 88.7 Å². The molecule has 21 heavy (non-hydrogen) atoms. The van der Waals surface area contributed by atoms with Crippen molar-refractivity contribution in [2.75, 3.05) is 4.90 Å². The first-order chi connectivity index (χ1) is 10.2. The van der Waals surface area contributed by atoms with E-state index in [9.17, 15) is 9.70 Å². The van der Waals surface area contributed by atoms with Crippen molar-refractivity contribution in [1.82, 2.24) is 9.97 Å². The number of hydrogen-bond donors (Lipinski definition) is 0. The summed E-state index contributed by atoms with van der Waals surface area (Å²) >= 11 is 0. The molecule has 0 spiro atoms. The zero-order valence-electron chi connectivity index (χ0n) is 11.1. The van der Waals surface area contributed by atoms with Crippen molar-refractivity contribution < 1.29 is 9.21 Å². The molecule has 7 nitrogen and oxygen atoms in total. The van der Waals surface area contributed by atoms with Crippen LogP contribution in [0.25, 0.3) is 11.1 Å². The summed E-state index contributed by atoms with van der Waals surface area (Å²) < 4.78 is 5.23. The summed E-state index contributed by atoms with van der Waals surface area (Å²) in [4.78, 5) is 32.1. The molecule has 0 aliphatic rings. The quantitative estimate of drug-likeness (QED) is 0.687. The molecule has 0 bridgehead atoms. The lowest BCUT2D eigenvalue weighted by atomic mass is 10.2. The summed E-state index contributed by atoms with van der Waals surface area (Å²) in [6, 6.07) is 8.07. The normalized spacial score (nSPS) is 10.5. The molecule has 0 aliphatic heterocycles. The standard InChI is InChI=1S/C14H10N4O3/c1-9(19)18(14-6-10(17-20)4-5-15-14)11-2-3-12-13(7-11)21-8-16-12/h2-8H,1H3. The highest BCUT2D eigenvalue weighted by Gasteiger charge is 2.17. The zero-order chi connectivity index (χ0) is 14.8. The Morgan fingerprint density at radius 1 is 1.24 bits per heavy atom. The van der Waals surface area contributed by atoms with Crippen LogP contribution in [0.4, 0.5) is 17.2 Å². The van der Waals surface area contributed by atoms with Crippen LogP contribution in [0.1, 0.15) is 6.92 Å². The highest BCUT2D eigenvalue weighted by molar-refractivity contribution is 5.99. The van der Waals surface area contributed by atoms with Gasteiger partial charge in [-0.3, -0.25) is 9.69 Å². The summed E-state index contributed by atoms with van der Waals surface area (Å²) in [5, 5.41) is 2.85. The van der Waals surface area contributed by atoms with Gasteiger partial charge in [-0.1, -0.05) is 0 Å². The van der Waals surface area contributed by atoms with Gasteiger partial charge in [-0.25, -0.2) is 9.97 Å². The molecule has 104 valence electrons. The molecule has 2 heterocycles. The van der Waals surface area contributed by atoms with Gasteiger partial charge in [-0.2, -0.15) is 0 Å². The predicted octanol–water partition coefficient (Wildman–Crippen LogP) is 3.31. The highest BCUT2D eigenvalue weighted by Crippen LogP contribution is 2.29. The Bertz CT molecular complexity index is 828. The van der Waals surface area contributed by atoms with Gasteiger partial charge >= 0.3 is 0 Å². The van der Waals surface area contributed by atoms with Crippen LogP contribution in [0.3, 0.4) is 0 Å². The first-order valence-electron chi connectivity index (χ1n) is 6.12. The fourth-order valence-corrected chi connectivity index (χ4v) is 2.04. The average Bonchev–Trinajstić information content (AvgIpc) is 2.95. The van der Waals surface area contributed by atoms with Crippen molar-refractivity contribution in [3.05, 3.63) is 47.8 Å². The van der Waals surface area contributed by atoms with E-state index >= 15 is 0 Å². The van der Waals surface area contributed by atoms with Crippen LogP contribution in [0.15, 0.2) is 52.5 Å². The van der Waals surface area contributed by atoms with Gasteiger partial charge in [0.15, 0.2) is 12.0 Å². The molecule has 0 N–H and O–H groups in total. The van der Waals surface area contributed by atoms with E-state index in [1.807, 2.05) is 0 Å². The Morgan fingerprint density at radius 2 is 2.10 bits per heavy atom. The number of anilines is 2. The van der Waals surface area contributed by atoms with E-state index in [-0.39, 0.29) is 11.6 Å². The molecule has 0 radical (unpaired) electrons. The largest absolute Gasteiger partial charge is 0.443 e. The molecule has 2 aromatic heterocycles. The van der Waals surface area contributed by atoms with E-state index in [1.54, 1.807) is 18.2 Å². The minimum atomic E-state index is -0.246. The molecule has 3 rings (SSSR count). The van der Waals surface area contributed by atoms with Gasteiger partial charge in [0, 0.05) is 25.3 Å². The Labute approximate surface area is 119 Å². The Morgan fingerprint density at radius 3 is 2.86 bits per heavy atom. The van der Waals surface area contributed by atoms with Gasteiger partial charge in [0.2, 0.25) is 5.91 Å². The van der Waals surface area contributed by atoms with E-state index in [2.05, 4.69) is 15.1 Å². The number of nitroso groups, excluding NO2 is 1. The summed E-state index contributed by atoms with van der Waals surface area (Å²) in [5.74, 6) is 0.0721. The molecule has 0 atom stereocenters. The number of fused-ring (bicyclic) bond motifs is 1. The summed E-state index contributed by atoms with van der Waals surface area (Å²) in [5.41, 5.74) is 2.02. The zero-order valence-corrected chi connectivity index (χ0v) is 11.1. The number of carbonyl (C=O) groups is 1. The number of hydrogen-bond acceptors (Lipinski definition) is 6. The Hall–Kier alpha value is -3.09. The van der Waals surface area contributed by atoms with Crippen LogP contribution in [0, 0.1) is 4.91 Å². The van der Waals surface area contributed by atoms with Crippen molar-refractivity contribution in [2.24, 2.45) is 5.18 Å². The van der Waals surface area contributed by atoms with E-state index < -0.39 is 0 Å². The number of oxazole rings is 1. The predicted molar refractivity (Wildman–Crippen MR) is 76.5 cm³/mol. The molecular weight excluding hydrogens is 272 g/mol. The van der Waals surface area contributed by atoms with Crippen molar-refractivity contribution in [1.29, 1.82) is 0 Å². The van der Waals surface area contributed by atoms with Crippen LogP contribution in [-0.4, -0.2) is 15.9 Å². The molecule has 3 aromatic rings. The number of nitrogens with zero attached hydrogens (tertiary/aromatic N) is 4. The molecule has 0 unspecified atom stereocenters. The van der Waals surface area contributed by atoms with Gasteiger partial charge in [-0.15, -0.1) is 4.91 Å². The average molecular weight is 282 g/mol. The molecule has 1 amide bonds.